The molecule has 0 radical (unpaired) electrons. The molecular weight excluding hydrogens is 624 g/mol. The average Bonchev–Trinajstić information content (AvgIpc) is 3.09. The van der Waals surface area contributed by atoms with Crippen LogP contribution in [0.5, 0.6) is 0 Å². The number of ether oxygens (including phenoxy) is 3. The van der Waals surface area contributed by atoms with E-state index in [1.54, 1.807) is 0 Å². The first-order valence-corrected chi connectivity index (χ1v) is 21.8. The molecule has 0 aliphatic rings. The molecule has 0 aromatic heterocycles. The van der Waals surface area contributed by atoms with Crippen LogP contribution in [0.1, 0.15) is 234 Å². The Morgan fingerprint density at radius 3 is 1.14 bits per heavy atom. The van der Waals surface area contributed by atoms with Crippen LogP contribution in [0, 0.1) is 11.8 Å². The van der Waals surface area contributed by atoms with Gasteiger partial charge in [-0.25, -0.2) is 0 Å². The highest BCUT2D eigenvalue weighted by molar-refractivity contribution is 5.71. The fraction of sp³-hybridized carbons (Fsp3) is 0.932. The molecule has 0 amide bonds. The third-order valence-corrected chi connectivity index (χ3v) is 10.1. The molecule has 2 atom stereocenters. The Kier molecular flexibility index (Phi) is 36.0. The molecule has 0 rings (SSSR count). The highest BCUT2D eigenvalue weighted by Gasteiger charge is 2.19. The first-order valence-electron chi connectivity index (χ1n) is 21.8. The van der Waals surface area contributed by atoms with E-state index in [-0.39, 0.29) is 31.1 Å². The van der Waals surface area contributed by atoms with Crippen LogP contribution in [0.3, 0.4) is 0 Å². The molecule has 0 aromatic carbocycles. The van der Waals surface area contributed by atoms with Crippen molar-refractivity contribution in [3.63, 3.8) is 0 Å². The number of unbranched alkanes of at least 4 members (excludes halogenated alkanes) is 22. The van der Waals surface area contributed by atoms with Gasteiger partial charge in [-0.1, -0.05) is 195 Å². The molecule has 6 heteroatoms. The van der Waals surface area contributed by atoms with E-state index < -0.39 is 6.10 Å². The summed E-state index contributed by atoms with van der Waals surface area (Å²) in [5.41, 5.74) is 0. The molecule has 0 heterocycles. The fourth-order valence-corrected chi connectivity index (χ4v) is 6.37. The van der Waals surface area contributed by atoms with Crippen molar-refractivity contribution < 1.29 is 28.6 Å². The third-order valence-electron chi connectivity index (χ3n) is 10.1. The van der Waals surface area contributed by atoms with Crippen molar-refractivity contribution in [2.45, 2.75) is 240 Å². The summed E-state index contributed by atoms with van der Waals surface area (Å²) in [4.78, 5) is 37.6. The van der Waals surface area contributed by atoms with Gasteiger partial charge in [0.2, 0.25) is 0 Å². The lowest BCUT2D eigenvalue weighted by molar-refractivity contribution is -0.167. The number of rotatable bonds is 38. The lowest BCUT2D eigenvalue weighted by atomic mass is 10.00. The molecule has 0 saturated carbocycles. The maximum Gasteiger partial charge on any atom is 0.306 e. The van der Waals surface area contributed by atoms with Crippen LogP contribution in [0.25, 0.3) is 0 Å². The zero-order valence-electron chi connectivity index (χ0n) is 34.0. The van der Waals surface area contributed by atoms with Crippen LogP contribution in [0.4, 0.5) is 0 Å². The van der Waals surface area contributed by atoms with Crippen LogP contribution in [-0.4, -0.2) is 37.2 Å². The topological polar surface area (TPSA) is 78.9 Å². The van der Waals surface area contributed by atoms with E-state index in [2.05, 4.69) is 34.6 Å². The van der Waals surface area contributed by atoms with Crippen molar-refractivity contribution in [2.24, 2.45) is 11.8 Å². The van der Waals surface area contributed by atoms with Gasteiger partial charge in [-0.05, 0) is 31.1 Å². The quantitative estimate of drug-likeness (QED) is 0.0361. The molecule has 6 nitrogen and oxygen atoms in total. The van der Waals surface area contributed by atoms with Gasteiger partial charge in [-0.15, -0.1) is 0 Å². The second kappa shape index (κ2) is 37.2. The monoisotopic (exact) mass is 709 g/mol. The van der Waals surface area contributed by atoms with Crippen LogP contribution in [0.15, 0.2) is 0 Å². The normalized spacial score (nSPS) is 12.6. The molecule has 0 bridgehead atoms. The van der Waals surface area contributed by atoms with Crippen molar-refractivity contribution in [2.75, 3.05) is 13.2 Å². The van der Waals surface area contributed by atoms with E-state index in [4.69, 9.17) is 14.2 Å². The number of esters is 3. The Morgan fingerprint density at radius 1 is 0.420 bits per heavy atom. The van der Waals surface area contributed by atoms with Crippen LogP contribution < -0.4 is 0 Å². The summed E-state index contributed by atoms with van der Waals surface area (Å²) < 4.78 is 16.7. The highest BCUT2D eigenvalue weighted by Crippen LogP contribution is 2.16. The first kappa shape index (κ1) is 48.4. The Labute approximate surface area is 310 Å². The van der Waals surface area contributed by atoms with Crippen LogP contribution in [-0.2, 0) is 28.6 Å². The van der Waals surface area contributed by atoms with Crippen molar-refractivity contribution in [1.29, 1.82) is 0 Å². The Hall–Kier alpha value is -1.59. The Balaban J connectivity index is 4.35. The Bertz CT molecular complexity index is 766. The van der Waals surface area contributed by atoms with E-state index >= 15 is 0 Å². The van der Waals surface area contributed by atoms with Gasteiger partial charge in [-0.2, -0.15) is 0 Å². The molecule has 0 fully saturated rings. The molecule has 0 aliphatic carbocycles. The fourth-order valence-electron chi connectivity index (χ4n) is 6.37. The van der Waals surface area contributed by atoms with Crippen molar-refractivity contribution in [3.05, 3.63) is 0 Å². The van der Waals surface area contributed by atoms with Gasteiger partial charge in [0, 0.05) is 19.3 Å². The highest BCUT2D eigenvalue weighted by atomic mass is 16.6. The number of carbonyl (C=O) groups excluding carboxylic acids is 3. The number of hydrogen-bond donors (Lipinski definition) is 0. The lowest BCUT2D eigenvalue weighted by Crippen LogP contribution is -2.30. The smallest absolute Gasteiger partial charge is 0.306 e. The van der Waals surface area contributed by atoms with Crippen molar-refractivity contribution >= 4 is 17.9 Å². The van der Waals surface area contributed by atoms with E-state index in [1.165, 1.54) is 122 Å². The molecule has 1 unspecified atom stereocenters. The van der Waals surface area contributed by atoms with Gasteiger partial charge < -0.3 is 14.2 Å². The molecule has 0 saturated heterocycles. The molecule has 0 spiro atoms. The maximum atomic E-state index is 12.6. The molecular formula is C44H84O6. The van der Waals surface area contributed by atoms with Gasteiger partial charge in [0.15, 0.2) is 6.10 Å². The standard InChI is InChI=1S/C44H84O6/c1-6-8-9-10-11-12-15-19-26-31-36-44(47)50-41(38-49-43(46)35-30-25-21-20-23-28-33-40(5)7-2)37-48-42(45)34-29-24-18-16-13-14-17-22-27-32-39(3)4/h39-41H,6-38H2,1-5H3/t40?,41-/m1/s1. The summed E-state index contributed by atoms with van der Waals surface area (Å²) in [7, 11) is 0. The minimum atomic E-state index is -0.760. The molecule has 0 N–H and O–H groups in total. The largest absolute Gasteiger partial charge is 0.462 e. The van der Waals surface area contributed by atoms with Gasteiger partial charge >= 0.3 is 17.9 Å². The number of carbonyl (C=O) groups is 3. The SMILES string of the molecule is CCCCCCCCCCCCC(=O)O[C@H](COC(=O)CCCCCCCCCCCC(C)C)COC(=O)CCCCCCCCC(C)CC. The summed E-state index contributed by atoms with van der Waals surface area (Å²) in [5, 5.41) is 0. The van der Waals surface area contributed by atoms with Crippen molar-refractivity contribution in [3.8, 4) is 0 Å². The minimum absolute atomic E-state index is 0.0661. The molecule has 50 heavy (non-hydrogen) atoms. The van der Waals surface area contributed by atoms with Crippen LogP contribution in [0.2, 0.25) is 0 Å². The van der Waals surface area contributed by atoms with E-state index in [1.807, 2.05) is 0 Å². The summed E-state index contributed by atoms with van der Waals surface area (Å²) in [5.74, 6) is 0.758. The Morgan fingerprint density at radius 2 is 0.760 bits per heavy atom. The third kappa shape index (κ3) is 36.2. The number of hydrogen-bond acceptors (Lipinski definition) is 6. The zero-order chi connectivity index (χ0) is 36.9. The summed E-state index contributed by atoms with van der Waals surface area (Å²) in [6.45, 7) is 11.3. The van der Waals surface area contributed by atoms with Gasteiger partial charge in [0.25, 0.3) is 0 Å². The van der Waals surface area contributed by atoms with E-state index in [9.17, 15) is 14.4 Å². The van der Waals surface area contributed by atoms with E-state index in [0.29, 0.717) is 19.3 Å². The van der Waals surface area contributed by atoms with E-state index in [0.717, 1.165) is 69.6 Å². The second-order valence-electron chi connectivity index (χ2n) is 15.7. The lowest BCUT2D eigenvalue weighted by Gasteiger charge is -2.18. The molecule has 296 valence electrons. The predicted octanol–water partition coefficient (Wildman–Crippen LogP) is 13.4. The summed E-state index contributed by atoms with van der Waals surface area (Å²) >= 11 is 0. The van der Waals surface area contributed by atoms with Gasteiger partial charge in [-0.3, -0.25) is 14.4 Å². The zero-order valence-corrected chi connectivity index (χ0v) is 34.0. The summed E-state index contributed by atoms with van der Waals surface area (Å²) in [6.07, 6.45) is 33.7. The van der Waals surface area contributed by atoms with Gasteiger partial charge in [0.1, 0.15) is 13.2 Å². The van der Waals surface area contributed by atoms with Gasteiger partial charge in [0.05, 0.1) is 0 Å². The second-order valence-corrected chi connectivity index (χ2v) is 15.7. The predicted molar refractivity (Wildman–Crippen MR) is 210 cm³/mol. The first-order chi connectivity index (χ1) is 24.3. The summed E-state index contributed by atoms with van der Waals surface area (Å²) in [6, 6.07) is 0. The average molecular weight is 709 g/mol. The molecule has 0 aliphatic heterocycles. The van der Waals surface area contributed by atoms with Crippen molar-refractivity contribution in [1.82, 2.24) is 0 Å². The van der Waals surface area contributed by atoms with Crippen LogP contribution >= 0.6 is 0 Å². The minimum Gasteiger partial charge on any atom is -0.462 e. The molecule has 0 aromatic rings. The maximum absolute atomic E-state index is 12.6.